The maximum absolute atomic E-state index is 9.99. The molecule has 1 rings (SSSR count). The molecule has 1 heterocycles. The second-order valence-electron chi connectivity index (χ2n) is 1.28. The summed E-state index contributed by atoms with van der Waals surface area (Å²) in [5, 5.41) is 13.9. The lowest BCUT2D eigenvalue weighted by Crippen LogP contribution is -1.95. The fourth-order valence-corrected chi connectivity index (χ4v) is 0.375. The van der Waals surface area contributed by atoms with Crippen molar-refractivity contribution in [2.45, 2.75) is 13.8 Å². The van der Waals surface area contributed by atoms with E-state index >= 15 is 0 Å². The molecule has 4 heteroatoms. The van der Waals surface area contributed by atoms with E-state index in [2.05, 4.69) is 10.2 Å². The minimum absolute atomic E-state index is 0.116. The standard InChI is InChI=1S/C4H4N2O2.C2H6/c7-4(8)3-1-2-5-6-3;1-2/h1-2H,(H,5,6)(H,7,8);1-2H3. The molecule has 4 nitrogen and oxygen atoms in total. The minimum atomic E-state index is -0.984. The van der Waals surface area contributed by atoms with E-state index < -0.39 is 5.97 Å². The summed E-state index contributed by atoms with van der Waals surface area (Å²) in [6, 6.07) is 1.39. The van der Waals surface area contributed by atoms with Gasteiger partial charge in [-0.3, -0.25) is 5.10 Å². The number of H-pyrrole nitrogens is 1. The summed E-state index contributed by atoms with van der Waals surface area (Å²) in [7, 11) is 0. The lowest BCUT2D eigenvalue weighted by Gasteiger charge is -1.79. The van der Waals surface area contributed by atoms with Crippen molar-refractivity contribution in [2.75, 3.05) is 0 Å². The molecule has 1 aromatic rings. The second-order valence-corrected chi connectivity index (χ2v) is 1.28. The minimum Gasteiger partial charge on any atom is -0.477 e. The molecule has 10 heavy (non-hydrogen) atoms. The number of nitrogens with zero attached hydrogens (tertiary/aromatic N) is 1. The monoisotopic (exact) mass is 142 g/mol. The highest BCUT2D eigenvalue weighted by molar-refractivity contribution is 5.84. The van der Waals surface area contributed by atoms with Crippen molar-refractivity contribution in [3.8, 4) is 0 Å². The van der Waals surface area contributed by atoms with Crippen LogP contribution in [0.15, 0.2) is 12.3 Å². The van der Waals surface area contributed by atoms with Gasteiger partial charge in [-0.1, -0.05) is 13.8 Å². The highest BCUT2D eigenvalue weighted by atomic mass is 16.4. The number of nitrogens with one attached hydrogen (secondary N) is 1. The lowest BCUT2D eigenvalue weighted by atomic mass is 10.5. The Balaban J connectivity index is 0.000000371. The highest BCUT2D eigenvalue weighted by Crippen LogP contribution is 1.87. The molecule has 0 amide bonds. The number of hydrogen-bond acceptors (Lipinski definition) is 2. The third kappa shape index (κ3) is 2.30. The molecule has 1 aromatic heterocycles. The van der Waals surface area contributed by atoms with Crippen LogP contribution in [0.5, 0.6) is 0 Å². The average Bonchev–Trinajstić information content (AvgIpc) is 2.42. The number of aromatic carboxylic acids is 1. The van der Waals surface area contributed by atoms with Gasteiger partial charge < -0.3 is 5.11 Å². The van der Waals surface area contributed by atoms with Crippen LogP contribution in [0.1, 0.15) is 24.3 Å². The zero-order chi connectivity index (χ0) is 7.98. The van der Waals surface area contributed by atoms with Crippen LogP contribution in [0.4, 0.5) is 0 Å². The molecule has 0 unspecified atom stereocenters. The molecule has 56 valence electrons. The van der Waals surface area contributed by atoms with E-state index in [4.69, 9.17) is 5.11 Å². The molecule has 0 saturated carbocycles. The van der Waals surface area contributed by atoms with Gasteiger partial charge in [-0.15, -0.1) is 0 Å². The fourth-order valence-electron chi connectivity index (χ4n) is 0.375. The number of aromatic amines is 1. The number of aromatic nitrogens is 2. The Morgan fingerprint density at radius 1 is 1.70 bits per heavy atom. The number of carbonyl (C=O) groups is 1. The Labute approximate surface area is 58.9 Å². The summed E-state index contributed by atoms with van der Waals surface area (Å²) in [6.07, 6.45) is 1.39. The normalized spacial score (nSPS) is 7.80. The Morgan fingerprint density at radius 3 is 2.50 bits per heavy atom. The third-order valence-corrected chi connectivity index (χ3v) is 0.731. The summed E-state index contributed by atoms with van der Waals surface area (Å²) < 4.78 is 0. The summed E-state index contributed by atoms with van der Waals surface area (Å²) in [4.78, 5) is 9.99. The van der Waals surface area contributed by atoms with Crippen LogP contribution < -0.4 is 0 Å². The summed E-state index contributed by atoms with van der Waals surface area (Å²) in [6.45, 7) is 4.00. The molecule has 0 spiro atoms. The predicted molar refractivity (Wildman–Crippen MR) is 36.9 cm³/mol. The van der Waals surface area contributed by atoms with Crippen molar-refractivity contribution < 1.29 is 9.90 Å². The first-order chi connectivity index (χ1) is 4.80. The summed E-state index contributed by atoms with van der Waals surface area (Å²) >= 11 is 0. The molecule has 0 aliphatic rings. The van der Waals surface area contributed by atoms with Crippen molar-refractivity contribution in [1.29, 1.82) is 0 Å². The van der Waals surface area contributed by atoms with Crippen LogP contribution >= 0.6 is 0 Å². The molecular weight excluding hydrogens is 132 g/mol. The van der Waals surface area contributed by atoms with Gasteiger partial charge in [0, 0.05) is 6.20 Å². The van der Waals surface area contributed by atoms with Crippen molar-refractivity contribution in [2.24, 2.45) is 0 Å². The van der Waals surface area contributed by atoms with Gasteiger partial charge in [-0.2, -0.15) is 5.10 Å². The SMILES string of the molecule is CC.O=C(O)c1ccn[nH]1. The summed E-state index contributed by atoms with van der Waals surface area (Å²) in [5.41, 5.74) is 0.116. The Hall–Kier alpha value is -1.32. The molecule has 0 aliphatic heterocycles. The molecule has 0 bridgehead atoms. The van der Waals surface area contributed by atoms with Crippen LogP contribution in [0.2, 0.25) is 0 Å². The predicted octanol–water partition coefficient (Wildman–Crippen LogP) is 1.13. The van der Waals surface area contributed by atoms with Crippen LogP contribution in [0.3, 0.4) is 0 Å². The van der Waals surface area contributed by atoms with Gasteiger partial charge in [0.2, 0.25) is 0 Å². The van der Waals surface area contributed by atoms with Gasteiger partial charge in [0.25, 0.3) is 0 Å². The van der Waals surface area contributed by atoms with Gasteiger partial charge >= 0.3 is 5.97 Å². The van der Waals surface area contributed by atoms with E-state index in [0.29, 0.717) is 0 Å². The smallest absolute Gasteiger partial charge is 0.353 e. The zero-order valence-electron chi connectivity index (χ0n) is 5.96. The largest absolute Gasteiger partial charge is 0.477 e. The van der Waals surface area contributed by atoms with Gasteiger partial charge in [-0.25, -0.2) is 4.79 Å². The number of hydrogen-bond donors (Lipinski definition) is 2. The molecular formula is C6H10N2O2. The van der Waals surface area contributed by atoms with Crippen LogP contribution in [0, 0.1) is 0 Å². The molecule has 0 fully saturated rings. The van der Waals surface area contributed by atoms with E-state index in [9.17, 15) is 4.79 Å². The molecule has 2 N–H and O–H groups in total. The first kappa shape index (κ1) is 8.68. The van der Waals surface area contributed by atoms with Gasteiger partial charge in [0.05, 0.1) is 0 Å². The Morgan fingerprint density at radius 2 is 2.30 bits per heavy atom. The topological polar surface area (TPSA) is 66.0 Å². The number of carboxylic acid groups (broad SMARTS) is 1. The highest BCUT2D eigenvalue weighted by Gasteiger charge is 1.99. The number of carboxylic acids is 1. The van der Waals surface area contributed by atoms with Gasteiger partial charge in [0.1, 0.15) is 5.69 Å². The maximum Gasteiger partial charge on any atom is 0.353 e. The molecule has 0 radical (unpaired) electrons. The lowest BCUT2D eigenvalue weighted by molar-refractivity contribution is 0.0690. The summed E-state index contributed by atoms with van der Waals surface area (Å²) in [5.74, 6) is -0.984. The van der Waals surface area contributed by atoms with Gasteiger partial charge in [-0.05, 0) is 6.07 Å². The van der Waals surface area contributed by atoms with E-state index in [1.165, 1.54) is 12.3 Å². The maximum atomic E-state index is 9.99. The Kier molecular flexibility index (Phi) is 3.95. The van der Waals surface area contributed by atoms with Gasteiger partial charge in [0.15, 0.2) is 0 Å². The van der Waals surface area contributed by atoms with E-state index in [-0.39, 0.29) is 5.69 Å². The molecule has 0 atom stereocenters. The van der Waals surface area contributed by atoms with Crippen molar-refractivity contribution >= 4 is 5.97 Å². The van der Waals surface area contributed by atoms with Crippen LogP contribution in [-0.2, 0) is 0 Å². The molecule has 0 aliphatic carbocycles. The Bertz CT molecular complexity index is 182. The van der Waals surface area contributed by atoms with E-state index in [1.54, 1.807) is 0 Å². The van der Waals surface area contributed by atoms with E-state index in [0.717, 1.165) is 0 Å². The quantitative estimate of drug-likeness (QED) is 0.617. The first-order valence-electron chi connectivity index (χ1n) is 3.03. The zero-order valence-corrected chi connectivity index (χ0v) is 5.96. The van der Waals surface area contributed by atoms with Crippen LogP contribution in [0.25, 0.3) is 0 Å². The number of rotatable bonds is 1. The van der Waals surface area contributed by atoms with Crippen LogP contribution in [-0.4, -0.2) is 21.3 Å². The van der Waals surface area contributed by atoms with E-state index in [1.807, 2.05) is 13.8 Å². The molecule has 0 aromatic carbocycles. The van der Waals surface area contributed by atoms with Crippen molar-refractivity contribution in [3.05, 3.63) is 18.0 Å². The molecule has 0 saturated heterocycles. The second kappa shape index (κ2) is 4.55. The average molecular weight is 142 g/mol. The first-order valence-corrected chi connectivity index (χ1v) is 3.03. The van der Waals surface area contributed by atoms with Crippen molar-refractivity contribution in [3.63, 3.8) is 0 Å². The van der Waals surface area contributed by atoms with Crippen molar-refractivity contribution in [1.82, 2.24) is 10.2 Å². The third-order valence-electron chi connectivity index (χ3n) is 0.731. The fraction of sp³-hybridized carbons (Fsp3) is 0.333.